The van der Waals surface area contributed by atoms with Crippen LogP contribution in [0, 0.1) is 6.92 Å². The van der Waals surface area contributed by atoms with E-state index in [0.717, 1.165) is 5.56 Å². The molecule has 0 aliphatic carbocycles. The zero-order valence-electron chi connectivity index (χ0n) is 20.2. The Morgan fingerprint density at radius 2 is 1.89 bits per heavy atom. The molecule has 0 unspecified atom stereocenters. The molecule has 1 aromatic carbocycles. The first kappa shape index (κ1) is 25.3. The molecule has 4 rings (SSSR count). The average Bonchev–Trinajstić information content (AvgIpc) is 2.86. The molecule has 9 nitrogen and oxygen atoms in total. The standard InChI is InChI=1S/C26H25ClN4O5/c1-4-36-26(34)20-15-19-22(28-21-16(2)7-5-12-31(21)25(19)33)30(13-6-14-35-3)23(20)29-24(32)17-8-10-18(27)11-9-17/h5,7-12,15H,4,6,13-14H2,1-3H3. The third-order valence-electron chi connectivity index (χ3n) is 5.63. The summed E-state index contributed by atoms with van der Waals surface area (Å²) in [6, 6.07) is 11.3. The Hall–Kier alpha value is -3.82. The highest BCUT2D eigenvalue weighted by molar-refractivity contribution is 6.30. The normalized spacial score (nSPS) is 11.8. The Labute approximate surface area is 211 Å². The molecule has 36 heavy (non-hydrogen) atoms. The summed E-state index contributed by atoms with van der Waals surface area (Å²) < 4.78 is 13.5. The number of hydrogen-bond donors (Lipinski definition) is 0. The minimum atomic E-state index is -0.698. The predicted molar refractivity (Wildman–Crippen MR) is 135 cm³/mol. The van der Waals surface area contributed by atoms with Gasteiger partial charge in [0, 0.05) is 37.0 Å². The van der Waals surface area contributed by atoms with Gasteiger partial charge in [0.1, 0.15) is 16.9 Å². The zero-order valence-corrected chi connectivity index (χ0v) is 20.9. The van der Waals surface area contributed by atoms with Crippen molar-refractivity contribution in [2.24, 2.45) is 4.99 Å². The van der Waals surface area contributed by atoms with E-state index in [1.54, 1.807) is 55.1 Å². The van der Waals surface area contributed by atoms with E-state index in [2.05, 4.69) is 4.99 Å². The Morgan fingerprint density at radius 3 is 2.58 bits per heavy atom. The Morgan fingerprint density at radius 1 is 1.14 bits per heavy atom. The van der Waals surface area contributed by atoms with E-state index in [0.29, 0.717) is 41.5 Å². The van der Waals surface area contributed by atoms with Crippen LogP contribution in [0.25, 0.3) is 16.7 Å². The van der Waals surface area contributed by atoms with Gasteiger partial charge in [0.15, 0.2) is 5.49 Å². The summed E-state index contributed by atoms with van der Waals surface area (Å²) in [6.45, 7) is 4.34. The van der Waals surface area contributed by atoms with Gasteiger partial charge in [-0.3, -0.25) is 14.0 Å². The number of ether oxygens (including phenoxy) is 2. The van der Waals surface area contributed by atoms with E-state index in [9.17, 15) is 14.4 Å². The van der Waals surface area contributed by atoms with Crippen LogP contribution in [-0.4, -0.2) is 46.2 Å². The number of pyridine rings is 2. The number of hydrogen-bond acceptors (Lipinski definition) is 6. The largest absolute Gasteiger partial charge is 0.462 e. The van der Waals surface area contributed by atoms with Gasteiger partial charge in [0.25, 0.3) is 11.5 Å². The minimum absolute atomic E-state index is 0.00409. The SMILES string of the molecule is CCOC(=O)c1cc2c(=O)n3cccc(C)c3nc2n(CCCOC)c1=NC(=O)c1ccc(Cl)cc1. The number of halogens is 1. The molecule has 186 valence electrons. The molecule has 0 aliphatic heterocycles. The number of methoxy groups -OCH3 is 1. The van der Waals surface area contributed by atoms with Crippen molar-refractivity contribution >= 4 is 40.2 Å². The number of carbonyl (C=O) groups excluding carboxylic acids is 2. The third-order valence-corrected chi connectivity index (χ3v) is 5.88. The van der Waals surface area contributed by atoms with Crippen molar-refractivity contribution in [2.75, 3.05) is 20.3 Å². The molecule has 3 aromatic heterocycles. The van der Waals surface area contributed by atoms with Crippen LogP contribution in [0.4, 0.5) is 0 Å². The van der Waals surface area contributed by atoms with Crippen molar-refractivity contribution in [1.29, 1.82) is 0 Å². The van der Waals surface area contributed by atoms with Crippen LogP contribution in [0.2, 0.25) is 5.02 Å². The summed E-state index contributed by atoms with van der Waals surface area (Å²) in [4.78, 5) is 48.7. The monoisotopic (exact) mass is 508 g/mol. The van der Waals surface area contributed by atoms with Crippen molar-refractivity contribution in [3.05, 3.63) is 86.2 Å². The van der Waals surface area contributed by atoms with Crippen LogP contribution in [0.3, 0.4) is 0 Å². The molecule has 0 atom stereocenters. The van der Waals surface area contributed by atoms with E-state index < -0.39 is 11.9 Å². The second kappa shape index (κ2) is 10.8. The summed E-state index contributed by atoms with van der Waals surface area (Å²) in [5.74, 6) is -1.28. The second-order valence-corrected chi connectivity index (χ2v) is 8.50. The number of esters is 1. The van der Waals surface area contributed by atoms with E-state index >= 15 is 0 Å². The van der Waals surface area contributed by atoms with Gasteiger partial charge < -0.3 is 14.0 Å². The summed E-state index contributed by atoms with van der Waals surface area (Å²) in [7, 11) is 1.58. The molecule has 0 spiro atoms. The molecular formula is C26H25ClN4O5. The first-order valence-corrected chi connectivity index (χ1v) is 11.8. The smallest absolute Gasteiger partial charge is 0.341 e. The van der Waals surface area contributed by atoms with Crippen molar-refractivity contribution in [2.45, 2.75) is 26.8 Å². The molecule has 0 saturated carbocycles. The number of rotatable bonds is 7. The number of aromatic nitrogens is 3. The van der Waals surface area contributed by atoms with Crippen LogP contribution in [0.5, 0.6) is 0 Å². The molecule has 0 aliphatic rings. The molecule has 0 bridgehead atoms. The summed E-state index contributed by atoms with van der Waals surface area (Å²) in [5, 5.41) is 0.683. The number of nitrogens with zero attached hydrogens (tertiary/aromatic N) is 4. The highest BCUT2D eigenvalue weighted by Crippen LogP contribution is 2.15. The Kier molecular flexibility index (Phi) is 7.61. The van der Waals surface area contributed by atoms with Gasteiger partial charge in [-0.15, -0.1) is 0 Å². The van der Waals surface area contributed by atoms with Gasteiger partial charge in [-0.05, 0) is 62.2 Å². The van der Waals surface area contributed by atoms with E-state index in [1.807, 2.05) is 13.0 Å². The molecule has 0 saturated heterocycles. The predicted octanol–water partition coefficient (Wildman–Crippen LogP) is 3.57. The van der Waals surface area contributed by atoms with Gasteiger partial charge in [0.05, 0.1) is 12.0 Å². The Balaban J connectivity index is 2.11. The fourth-order valence-electron chi connectivity index (χ4n) is 3.90. The molecule has 0 N–H and O–H groups in total. The summed E-state index contributed by atoms with van der Waals surface area (Å²) in [5.41, 5.74) is 1.57. The second-order valence-electron chi connectivity index (χ2n) is 8.06. The maximum Gasteiger partial charge on any atom is 0.341 e. The van der Waals surface area contributed by atoms with Crippen LogP contribution >= 0.6 is 11.6 Å². The van der Waals surface area contributed by atoms with Crippen LogP contribution in [0.15, 0.2) is 58.4 Å². The van der Waals surface area contributed by atoms with Crippen molar-refractivity contribution in [3.63, 3.8) is 0 Å². The maximum atomic E-state index is 13.5. The number of benzene rings is 1. The zero-order chi connectivity index (χ0) is 25.8. The first-order valence-electron chi connectivity index (χ1n) is 11.4. The van der Waals surface area contributed by atoms with E-state index in [-0.39, 0.29) is 28.6 Å². The summed E-state index contributed by atoms with van der Waals surface area (Å²) in [6.07, 6.45) is 2.15. The highest BCUT2D eigenvalue weighted by atomic mass is 35.5. The molecule has 0 radical (unpaired) electrons. The van der Waals surface area contributed by atoms with E-state index in [1.165, 1.54) is 10.5 Å². The van der Waals surface area contributed by atoms with Crippen LogP contribution < -0.4 is 11.0 Å². The average molecular weight is 509 g/mol. The van der Waals surface area contributed by atoms with Gasteiger partial charge in [-0.2, -0.15) is 4.99 Å². The molecule has 3 heterocycles. The molecular weight excluding hydrogens is 484 g/mol. The summed E-state index contributed by atoms with van der Waals surface area (Å²) >= 11 is 5.96. The number of aryl methyl sites for hydroxylation is 2. The van der Waals surface area contributed by atoms with Crippen molar-refractivity contribution in [1.82, 2.24) is 14.0 Å². The van der Waals surface area contributed by atoms with Gasteiger partial charge in [0.2, 0.25) is 0 Å². The number of carbonyl (C=O) groups is 2. The molecule has 1 amide bonds. The van der Waals surface area contributed by atoms with Gasteiger partial charge in [-0.1, -0.05) is 17.7 Å². The minimum Gasteiger partial charge on any atom is -0.462 e. The Bertz CT molecular complexity index is 1590. The molecule has 10 heteroatoms. The first-order chi connectivity index (χ1) is 17.3. The van der Waals surface area contributed by atoms with E-state index in [4.69, 9.17) is 26.1 Å². The lowest BCUT2D eigenvalue weighted by Crippen LogP contribution is -2.33. The number of amides is 1. The van der Waals surface area contributed by atoms with Crippen molar-refractivity contribution in [3.8, 4) is 0 Å². The van der Waals surface area contributed by atoms with Crippen LogP contribution in [0.1, 0.15) is 39.6 Å². The van der Waals surface area contributed by atoms with Gasteiger partial charge in [-0.25, -0.2) is 9.78 Å². The van der Waals surface area contributed by atoms with Crippen molar-refractivity contribution < 1.29 is 19.1 Å². The maximum absolute atomic E-state index is 13.5. The molecule has 4 aromatic rings. The number of fused-ring (bicyclic) bond motifs is 2. The molecule has 0 fully saturated rings. The lowest BCUT2D eigenvalue weighted by atomic mass is 10.2. The van der Waals surface area contributed by atoms with Gasteiger partial charge >= 0.3 is 5.97 Å². The lowest BCUT2D eigenvalue weighted by Gasteiger charge is -2.15. The van der Waals surface area contributed by atoms with Crippen LogP contribution in [-0.2, 0) is 16.0 Å². The quantitative estimate of drug-likeness (QED) is 0.215. The fourth-order valence-corrected chi connectivity index (χ4v) is 4.02. The highest BCUT2D eigenvalue weighted by Gasteiger charge is 2.20. The fraction of sp³-hybridized carbons (Fsp3) is 0.269. The lowest BCUT2D eigenvalue weighted by molar-refractivity contribution is 0.0523. The topological polar surface area (TPSA) is 104 Å². The third kappa shape index (κ3) is 4.93.